The first-order chi connectivity index (χ1) is 10.9. The minimum Gasteiger partial charge on any atom is -0.313 e. The third-order valence-electron chi connectivity index (χ3n) is 3.64. The predicted octanol–water partition coefficient (Wildman–Crippen LogP) is 3.95. The molecule has 2 aromatic rings. The van der Waals surface area contributed by atoms with Crippen molar-refractivity contribution in [2.24, 2.45) is 0 Å². The van der Waals surface area contributed by atoms with Crippen LogP contribution in [0.4, 0.5) is 4.39 Å². The van der Waals surface area contributed by atoms with Gasteiger partial charge in [-0.05, 0) is 23.8 Å². The Hall–Kier alpha value is -0.410. The molecular formula is C14H14Cl3FN2O2S2. The van der Waals surface area contributed by atoms with Crippen molar-refractivity contribution in [3.63, 3.8) is 0 Å². The van der Waals surface area contributed by atoms with Gasteiger partial charge in [-0.1, -0.05) is 35.3 Å². The molecule has 10 heteroatoms. The molecule has 0 saturated carbocycles. The molecule has 0 amide bonds. The van der Waals surface area contributed by atoms with Crippen molar-refractivity contribution in [2.75, 3.05) is 19.6 Å². The average molecular weight is 432 g/mol. The molecule has 3 rings (SSSR count). The van der Waals surface area contributed by atoms with Gasteiger partial charge in [0.2, 0.25) is 10.0 Å². The number of nitrogens with one attached hydrogen (secondary N) is 1. The van der Waals surface area contributed by atoms with Gasteiger partial charge in [0.25, 0.3) is 0 Å². The number of halogens is 4. The fraction of sp³-hybridized carbons (Fsp3) is 0.286. The number of piperazine rings is 1. The maximum absolute atomic E-state index is 13.5. The van der Waals surface area contributed by atoms with E-state index in [1.165, 1.54) is 22.5 Å². The highest BCUT2D eigenvalue weighted by molar-refractivity contribution is 7.89. The van der Waals surface area contributed by atoms with Crippen LogP contribution in [0, 0.1) is 5.82 Å². The molecule has 1 atom stereocenters. The smallest absolute Gasteiger partial charge is 0.246 e. The molecule has 4 nitrogen and oxygen atoms in total. The molecule has 1 aliphatic rings. The highest BCUT2D eigenvalue weighted by Crippen LogP contribution is 2.38. The van der Waals surface area contributed by atoms with Crippen LogP contribution >= 0.6 is 46.9 Å². The average Bonchev–Trinajstić information content (AvgIpc) is 2.87. The zero-order chi connectivity index (χ0) is 16.6. The third kappa shape index (κ3) is 3.88. The number of rotatable bonds is 3. The Bertz CT molecular complexity index is 829. The van der Waals surface area contributed by atoms with E-state index in [4.69, 9.17) is 23.2 Å². The SMILES string of the molecule is Cl.O=S(=O)(c1cc(Cl)sc1Cl)N1CCNCC1c1cccc(F)c1. The molecule has 1 aromatic carbocycles. The summed E-state index contributed by atoms with van der Waals surface area (Å²) in [4.78, 5) is -0.00234. The molecule has 24 heavy (non-hydrogen) atoms. The van der Waals surface area contributed by atoms with Crippen molar-refractivity contribution in [3.8, 4) is 0 Å². The zero-order valence-electron chi connectivity index (χ0n) is 12.2. The van der Waals surface area contributed by atoms with Crippen LogP contribution in [0.5, 0.6) is 0 Å². The first-order valence-corrected chi connectivity index (χ1v) is 9.83. The van der Waals surface area contributed by atoms with Crippen molar-refractivity contribution in [2.45, 2.75) is 10.9 Å². The Morgan fingerprint density at radius 3 is 2.67 bits per heavy atom. The van der Waals surface area contributed by atoms with Crippen LogP contribution in [-0.2, 0) is 10.0 Å². The predicted molar refractivity (Wildman–Crippen MR) is 97.5 cm³/mol. The normalized spacial score (nSPS) is 19.0. The van der Waals surface area contributed by atoms with Crippen LogP contribution in [0.15, 0.2) is 35.2 Å². The number of nitrogens with zero attached hydrogens (tertiary/aromatic N) is 1. The minimum atomic E-state index is -3.82. The Balaban J connectivity index is 0.00000208. The molecule has 1 aromatic heterocycles. The zero-order valence-corrected chi connectivity index (χ0v) is 16.2. The Labute approximate surface area is 160 Å². The fourth-order valence-electron chi connectivity index (χ4n) is 2.60. The standard InChI is InChI=1S/C14H13Cl2FN2O2S2.ClH/c15-13-7-12(14(16)22-13)23(20,21)19-5-4-18-8-11(19)9-2-1-3-10(17)6-9;/h1-3,6-7,11,18H,4-5,8H2;1H. The van der Waals surface area contributed by atoms with Gasteiger partial charge >= 0.3 is 0 Å². The molecule has 1 unspecified atom stereocenters. The van der Waals surface area contributed by atoms with Crippen molar-refractivity contribution in [1.29, 1.82) is 0 Å². The van der Waals surface area contributed by atoms with E-state index in [2.05, 4.69) is 5.32 Å². The van der Waals surface area contributed by atoms with Crippen molar-refractivity contribution in [1.82, 2.24) is 9.62 Å². The van der Waals surface area contributed by atoms with Gasteiger partial charge in [0.1, 0.15) is 15.0 Å². The van der Waals surface area contributed by atoms with Gasteiger partial charge < -0.3 is 5.32 Å². The molecule has 132 valence electrons. The molecule has 1 fully saturated rings. The molecule has 1 aliphatic heterocycles. The van der Waals surface area contributed by atoms with E-state index in [-0.39, 0.29) is 28.2 Å². The number of hydrogen-bond donors (Lipinski definition) is 1. The summed E-state index contributed by atoms with van der Waals surface area (Å²) in [6.45, 7) is 1.19. The van der Waals surface area contributed by atoms with E-state index >= 15 is 0 Å². The van der Waals surface area contributed by atoms with Gasteiger partial charge in [-0.2, -0.15) is 4.31 Å². The molecule has 0 aliphatic carbocycles. The first-order valence-electron chi connectivity index (χ1n) is 6.82. The quantitative estimate of drug-likeness (QED) is 0.800. The highest BCUT2D eigenvalue weighted by atomic mass is 35.5. The maximum Gasteiger partial charge on any atom is 0.246 e. The lowest BCUT2D eigenvalue weighted by Crippen LogP contribution is -2.48. The summed E-state index contributed by atoms with van der Waals surface area (Å²) >= 11 is 12.9. The van der Waals surface area contributed by atoms with Gasteiger partial charge in [-0.25, -0.2) is 12.8 Å². The highest BCUT2D eigenvalue weighted by Gasteiger charge is 2.36. The topological polar surface area (TPSA) is 49.4 Å². The van der Waals surface area contributed by atoms with Gasteiger partial charge in [-0.15, -0.1) is 23.7 Å². The van der Waals surface area contributed by atoms with Crippen LogP contribution in [0.25, 0.3) is 0 Å². The number of sulfonamides is 1. The van der Waals surface area contributed by atoms with E-state index in [1.807, 2.05) is 0 Å². The molecule has 0 spiro atoms. The minimum absolute atomic E-state index is 0. The largest absolute Gasteiger partial charge is 0.313 e. The number of thiophene rings is 1. The molecule has 2 heterocycles. The van der Waals surface area contributed by atoms with Crippen LogP contribution < -0.4 is 5.32 Å². The van der Waals surface area contributed by atoms with Crippen LogP contribution in [-0.4, -0.2) is 32.4 Å². The lowest BCUT2D eigenvalue weighted by molar-refractivity contribution is 0.271. The van der Waals surface area contributed by atoms with E-state index in [1.54, 1.807) is 12.1 Å². The Morgan fingerprint density at radius 1 is 1.29 bits per heavy atom. The van der Waals surface area contributed by atoms with Crippen molar-refractivity contribution < 1.29 is 12.8 Å². The lowest BCUT2D eigenvalue weighted by atomic mass is 10.1. The molecule has 0 radical (unpaired) electrons. The summed E-state index contributed by atoms with van der Waals surface area (Å²) in [5.74, 6) is -0.401. The monoisotopic (exact) mass is 430 g/mol. The second-order valence-electron chi connectivity index (χ2n) is 5.08. The Morgan fingerprint density at radius 2 is 2.04 bits per heavy atom. The first kappa shape index (κ1) is 19.9. The fourth-order valence-corrected chi connectivity index (χ4v) is 6.33. The summed E-state index contributed by atoms with van der Waals surface area (Å²) in [5.41, 5.74) is 0.596. The lowest BCUT2D eigenvalue weighted by Gasteiger charge is -2.35. The molecular weight excluding hydrogens is 418 g/mol. The van der Waals surface area contributed by atoms with E-state index in [0.717, 1.165) is 11.3 Å². The van der Waals surface area contributed by atoms with Gasteiger partial charge in [0.05, 0.1) is 10.4 Å². The van der Waals surface area contributed by atoms with Crippen molar-refractivity contribution >= 4 is 57.0 Å². The molecule has 0 bridgehead atoms. The van der Waals surface area contributed by atoms with Crippen LogP contribution in [0.2, 0.25) is 8.67 Å². The second kappa shape index (κ2) is 7.86. The van der Waals surface area contributed by atoms with E-state index < -0.39 is 21.9 Å². The van der Waals surface area contributed by atoms with Crippen molar-refractivity contribution in [3.05, 3.63) is 50.4 Å². The number of benzene rings is 1. The molecule has 1 N–H and O–H groups in total. The summed E-state index contributed by atoms with van der Waals surface area (Å²) in [5, 5.41) is 3.14. The summed E-state index contributed by atoms with van der Waals surface area (Å²) in [6, 6.07) is 6.81. The van der Waals surface area contributed by atoms with Gasteiger partial charge in [-0.3, -0.25) is 0 Å². The second-order valence-corrected chi connectivity index (χ2v) is 9.22. The summed E-state index contributed by atoms with van der Waals surface area (Å²) in [6.07, 6.45) is 0. The number of hydrogen-bond acceptors (Lipinski definition) is 4. The van der Waals surface area contributed by atoms with Crippen LogP contribution in [0.1, 0.15) is 11.6 Å². The third-order valence-corrected chi connectivity index (χ3v) is 7.30. The maximum atomic E-state index is 13.5. The Kier molecular flexibility index (Phi) is 6.52. The van der Waals surface area contributed by atoms with E-state index in [0.29, 0.717) is 23.0 Å². The van der Waals surface area contributed by atoms with Gasteiger partial charge in [0, 0.05) is 19.6 Å². The summed E-state index contributed by atoms with van der Waals surface area (Å²) < 4.78 is 41.2. The van der Waals surface area contributed by atoms with E-state index in [9.17, 15) is 12.8 Å². The summed E-state index contributed by atoms with van der Waals surface area (Å²) in [7, 11) is -3.82. The van der Waals surface area contributed by atoms with Crippen LogP contribution in [0.3, 0.4) is 0 Å². The van der Waals surface area contributed by atoms with Gasteiger partial charge in [0.15, 0.2) is 0 Å². The molecule has 1 saturated heterocycles.